The van der Waals surface area contributed by atoms with Gasteiger partial charge in [0.05, 0.1) is 5.56 Å². The summed E-state index contributed by atoms with van der Waals surface area (Å²) in [6.07, 6.45) is 2.35. The maximum atomic E-state index is 8.70. The summed E-state index contributed by atoms with van der Waals surface area (Å²) in [5, 5.41) is 13.0. The van der Waals surface area contributed by atoms with Gasteiger partial charge in [0.1, 0.15) is 23.2 Å². The number of fused-ring (bicyclic) bond motifs is 1. The van der Waals surface area contributed by atoms with Gasteiger partial charge >= 0.3 is 0 Å². The second kappa shape index (κ2) is 5.45. The molecule has 0 radical (unpaired) electrons. The molecule has 2 aromatic heterocycles. The van der Waals surface area contributed by atoms with E-state index in [9.17, 15) is 0 Å². The van der Waals surface area contributed by atoms with Crippen molar-refractivity contribution in [3.05, 3.63) is 60.0 Å². The van der Waals surface area contributed by atoms with Gasteiger partial charge in [0.2, 0.25) is 0 Å². The Balaban J connectivity index is 1.60. The Morgan fingerprint density at radius 3 is 2.85 bits per heavy atom. The number of furan rings is 1. The van der Waals surface area contributed by atoms with Crippen molar-refractivity contribution in [1.29, 1.82) is 5.26 Å². The van der Waals surface area contributed by atoms with Crippen molar-refractivity contribution in [2.75, 3.05) is 11.9 Å². The summed E-state index contributed by atoms with van der Waals surface area (Å²) in [6.45, 7) is 0.735. The minimum absolute atomic E-state index is 0.563. The summed E-state index contributed by atoms with van der Waals surface area (Å²) in [4.78, 5) is 4.16. The molecule has 0 saturated heterocycles. The molecule has 0 aliphatic rings. The minimum Gasteiger partial charge on any atom is -0.461 e. The molecule has 0 amide bonds. The van der Waals surface area contributed by atoms with Gasteiger partial charge in [0.25, 0.3) is 0 Å². The zero-order valence-electron chi connectivity index (χ0n) is 10.8. The van der Waals surface area contributed by atoms with Gasteiger partial charge in [-0.3, -0.25) is 0 Å². The Morgan fingerprint density at radius 1 is 1.20 bits per heavy atom. The number of anilines is 1. The van der Waals surface area contributed by atoms with Crippen LogP contribution in [0.2, 0.25) is 0 Å². The van der Waals surface area contributed by atoms with Gasteiger partial charge in [0, 0.05) is 24.5 Å². The molecule has 0 fully saturated rings. The van der Waals surface area contributed by atoms with Crippen LogP contribution in [0.15, 0.2) is 53.1 Å². The van der Waals surface area contributed by atoms with Crippen molar-refractivity contribution >= 4 is 16.8 Å². The van der Waals surface area contributed by atoms with E-state index in [1.165, 1.54) is 0 Å². The fraction of sp³-hybridized carbons (Fsp3) is 0.125. The number of hydrogen-bond acceptors (Lipinski definition) is 4. The van der Waals surface area contributed by atoms with E-state index in [2.05, 4.69) is 16.4 Å². The zero-order valence-corrected chi connectivity index (χ0v) is 10.8. The number of nitrogens with zero attached hydrogens (tertiary/aromatic N) is 2. The molecule has 0 unspecified atom stereocenters. The van der Waals surface area contributed by atoms with E-state index in [0.29, 0.717) is 5.56 Å². The molecule has 20 heavy (non-hydrogen) atoms. The van der Waals surface area contributed by atoms with Crippen LogP contribution in [0.1, 0.15) is 11.3 Å². The van der Waals surface area contributed by atoms with Gasteiger partial charge < -0.3 is 9.73 Å². The van der Waals surface area contributed by atoms with Gasteiger partial charge in [-0.2, -0.15) is 5.26 Å². The van der Waals surface area contributed by atoms with Crippen LogP contribution in [0.5, 0.6) is 0 Å². The third-order valence-electron chi connectivity index (χ3n) is 3.05. The van der Waals surface area contributed by atoms with Crippen molar-refractivity contribution in [3.8, 4) is 6.07 Å². The summed E-state index contributed by atoms with van der Waals surface area (Å²) < 4.78 is 5.74. The molecule has 1 N–H and O–H groups in total. The van der Waals surface area contributed by atoms with Crippen LogP contribution in [0.25, 0.3) is 11.0 Å². The molecule has 3 rings (SSSR count). The van der Waals surface area contributed by atoms with Crippen LogP contribution in [0, 0.1) is 11.3 Å². The van der Waals surface area contributed by atoms with Crippen molar-refractivity contribution in [3.63, 3.8) is 0 Å². The monoisotopic (exact) mass is 263 g/mol. The van der Waals surface area contributed by atoms with Gasteiger partial charge in [-0.25, -0.2) is 4.98 Å². The van der Waals surface area contributed by atoms with Crippen LogP contribution in [0.4, 0.5) is 5.82 Å². The lowest BCUT2D eigenvalue weighted by atomic mass is 10.2. The van der Waals surface area contributed by atoms with Crippen LogP contribution < -0.4 is 5.32 Å². The predicted molar refractivity (Wildman–Crippen MR) is 77.4 cm³/mol. The second-order valence-corrected chi connectivity index (χ2v) is 4.47. The molecule has 0 aliphatic heterocycles. The molecule has 3 aromatic rings. The Labute approximate surface area is 116 Å². The number of para-hydroxylation sites is 1. The van der Waals surface area contributed by atoms with Crippen LogP contribution in [-0.2, 0) is 6.42 Å². The van der Waals surface area contributed by atoms with Gasteiger partial charge in [0.15, 0.2) is 0 Å². The lowest BCUT2D eigenvalue weighted by molar-refractivity contribution is 0.553. The fourth-order valence-corrected chi connectivity index (χ4v) is 2.04. The summed E-state index contributed by atoms with van der Waals surface area (Å²) in [7, 11) is 0. The molecule has 0 spiro atoms. The number of benzene rings is 1. The molecular formula is C16H13N3O. The lowest BCUT2D eigenvalue weighted by Gasteiger charge is -2.03. The molecule has 2 heterocycles. The van der Waals surface area contributed by atoms with E-state index in [-0.39, 0.29) is 0 Å². The zero-order chi connectivity index (χ0) is 13.8. The molecule has 4 nitrogen and oxygen atoms in total. The fourth-order valence-electron chi connectivity index (χ4n) is 2.04. The number of hydrogen-bond donors (Lipinski definition) is 1. The maximum Gasteiger partial charge on any atom is 0.134 e. The quantitative estimate of drug-likeness (QED) is 0.784. The van der Waals surface area contributed by atoms with E-state index in [4.69, 9.17) is 9.68 Å². The van der Waals surface area contributed by atoms with Crippen molar-refractivity contribution < 1.29 is 4.42 Å². The van der Waals surface area contributed by atoms with E-state index in [1.54, 1.807) is 18.3 Å². The Bertz CT molecular complexity index is 720. The number of nitriles is 1. The highest BCUT2D eigenvalue weighted by molar-refractivity contribution is 5.77. The summed E-state index contributed by atoms with van der Waals surface area (Å²) in [5.74, 6) is 1.72. The topological polar surface area (TPSA) is 61.9 Å². The van der Waals surface area contributed by atoms with E-state index in [1.807, 2.05) is 30.3 Å². The molecule has 0 bridgehead atoms. The highest BCUT2D eigenvalue weighted by atomic mass is 16.3. The highest BCUT2D eigenvalue weighted by Crippen LogP contribution is 2.19. The van der Waals surface area contributed by atoms with E-state index < -0.39 is 0 Å². The first kappa shape index (κ1) is 12.2. The number of rotatable bonds is 4. The first-order valence-corrected chi connectivity index (χ1v) is 6.42. The Kier molecular flexibility index (Phi) is 3.34. The number of aromatic nitrogens is 1. The SMILES string of the molecule is N#Cc1ccc(NCCc2cc3ccccc3o2)nc1. The first-order chi connectivity index (χ1) is 9.85. The standard InChI is InChI=1S/C16H13N3O/c17-10-12-5-6-16(19-11-12)18-8-7-14-9-13-3-1-2-4-15(13)20-14/h1-6,9,11H,7-8H2,(H,18,19). The molecule has 98 valence electrons. The largest absolute Gasteiger partial charge is 0.461 e. The van der Waals surface area contributed by atoms with E-state index >= 15 is 0 Å². The van der Waals surface area contributed by atoms with Gasteiger partial charge in [-0.15, -0.1) is 0 Å². The van der Waals surface area contributed by atoms with Crippen LogP contribution in [-0.4, -0.2) is 11.5 Å². The smallest absolute Gasteiger partial charge is 0.134 e. The van der Waals surface area contributed by atoms with Crippen LogP contribution >= 0.6 is 0 Å². The normalized spacial score (nSPS) is 10.3. The van der Waals surface area contributed by atoms with Gasteiger partial charge in [-0.1, -0.05) is 18.2 Å². The average Bonchev–Trinajstić information content (AvgIpc) is 2.90. The molecule has 0 saturated carbocycles. The molecule has 0 atom stereocenters. The van der Waals surface area contributed by atoms with Crippen LogP contribution in [0.3, 0.4) is 0 Å². The third kappa shape index (κ3) is 2.62. The average molecular weight is 263 g/mol. The van der Waals surface area contributed by atoms with E-state index in [0.717, 1.165) is 35.5 Å². The summed E-state index contributed by atoms with van der Waals surface area (Å²) >= 11 is 0. The van der Waals surface area contributed by atoms with Crippen molar-refractivity contribution in [1.82, 2.24) is 4.98 Å². The first-order valence-electron chi connectivity index (χ1n) is 6.42. The maximum absolute atomic E-state index is 8.70. The minimum atomic E-state index is 0.563. The molecule has 1 aromatic carbocycles. The highest BCUT2D eigenvalue weighted by Gasteiger charge is 2.02. The lowest BCUT2D eigenvalue weighted by Crippen LogP contribution is -2.05. The summed E-state index contributed by atoms with van der Waals surface area (Å²) in [5.41, 5.74) is 1.48. The van der Waals surface area contributed by atoms with Crippen molar-refractivity contribution in [2.24, 2.45) is 0 Å². The Morgan fingerprint density at radius 2 is 2.10 bits per heavy atom. The number of pyridine rings is 1. The predicted octanol–water partition coefficient (Wildman–Crippen LogP) is 3.35. The second-order valence-electron chi connectivity index (χ2n) is 4.47. The molecule has 0 aliphatic carbocycles. The third-order valence-corrected chi connectivity index (χ3v) is 3.05. The molecule has 4 heteroatoms. The van der Waals surface area contributed by atoms with Gasteiger partial charge in [-0.05, 0) is 24.3 Å². The van der Waals surface area contributed by atoms with Crippen molar-refractivity contribution in [2.45, 2.75) is 6.42 Å². The number of nitrogens with one attached hydrogen (secondary N) is 1. The molecular weight excluding hydrogens is 250 g/mol. The Hall–Kier alpha value is -2.80. The summed E-state index contributed by atoms with van der Waals surface area (Å²) in [6, 6.07) is 15.6.